The first-order valence-corrected chi connectivity index (χ1v) is 8.04. The molecule has 1 rings (SSSR count). The summed E-state index contributed by atoms with van der Waals surface area (Å²) in [5.41, 5.74) is 0. The summed E-state index contributed by atoms with van der Waals surface area (Å²) in [6.07, 6.45) is -0.0186. The van der Waals surface area contributed by atoms with Crippen LogP contribution in [0.2, 0.25) is 0 Å². The fraction of sp³-hybridized carbons (Fsp3) is 0.429. The average Bonchev–Trinajstić information content (AvgIpc) is 2.41. The highest BCUT2D eigenvalue weighted by molar-refractivity contribution is 9.10. The molecule has 1 unspecified atom stereocenters. The number of benzene rings is 1. The Morgan fingerprint density at radius 3 is 2.45 bits per heavy atom. The van der Waals surface area contributed by atoms with Crippen LogP contribution in [0, 0.1) is 0 Å². The van der Waals surface area contributed by atoms with E-state index in [1.165, 1.54) is 11.8 Å². The minimum atomic E-state index is -0.885. The van der Waals surface area contributed by atoms with Gasteiger partial charge in [-0.15, -0.1) is 11.8 Å². The van der Waals surface area contributed by atoms with Gasteiger partial charge >= 0.3 is 5.97 Å². The van der Waals surface area contributed by atoms with Gasteiger partial charge in [-0.05, 0) is 38.1 Å². The maximum Gasteiger partial charge on any atom is 0.305 e. The van der Waals surface area contributed by atoms with Gasteiger partial charge in [-0.1, -0.05) is 15.9 Å². The molecule has 0 fully saturated rings. The molecule has 0 aliphatic rings. The number of hydrogen-bond donors (Lipinski definition) is 1. The maximum absolute atomic E-state index is 12.3. The van der Waals surface area contributed by atoms with Crippen molar-refractivity contribution in [1.82, 2.24) is 4.90 Å². The monoisotopic (exact) mass is 359 g/mol. The fourth-order valence-corrected chi connectivity index (χ4v) is 2.90. The molecule has 0 aliphatic carbocycles. The Labute approximate surface area is 131 Å². The normalized spacial score (nSPS) is 11.9. The first-order chi connectivity index (χ1) is 9.43. The van der Waals surface area contributed by atoms with Gasteiger partial charge in [-0.2, -0.15) is 0 Å². The minimum absolute atomic E-state index is 0.0186. The van der Waals surface area contributed by atoms with Crippen molar-refractivity contribution in [2.24, 2.45) is 0 Å². The predicted octanol–water partition coefficient (Wildman–Crippen LogP) is 3.25. The Balaban J connectivity index is 2.59. The SMILES string of the molecule is CCN(CCC(=O)O)C(=O)C(C)Sc1ccc(Br)cc1. The second-order valence-electron chi connectivity index (χ2n) is 4.28. The number of thioether (sulfide) groups is 1. The van der Waals surface area contributed by atoms with Crippen LogP contribution < -0.4 is 0 Å². The van der Waals surface area contributed by atoms with E-state index < -0.39 is 5.97 Å². The standard InChI is InChI=1S/C14H18BrNO3S/c1-3-16(9-8-13(17)18)14(19)10(2)20-12-6-4-11(15)5-7-12/h4-7,10H,3,8-9H2,1-2H3,(H,17,18). The van der Waals surface area contributed by atoms with Gasteiger partial charge in [0.15, 0.2) is 0 Å². The fourth-order valence-electron chi connectivity index (χ4n) is 1.68. The molecule has 110 valence electrons. The molecule has 6 heteroatoms. The highest BCUT2D eigenvalue weighted by Gasteiger charge is 2.20. The molecule has 20 heavy (non-hydrogen) atoms. The van der Waals surface area contributed by atoms with Crippen LogP contribution in [0.25, 0.3) is 0 Å². The van der Waals surface area contributed by atoms with E-state index in [0.717, 1.165) is 9.37 Å². The molecular weight excluding hydrogens is 342 g/mol. The van der Waals surface area contributed by atoms with Gasteiger partial charge < -0.3 is 10.0 Å². The van der Waals surface area contributed by atoms with Crippen molar-refractivity contribution in [3.63, 3.8) is 0 Å². The molecule has 1 aromatic carbocycles. The van der Waals surface area contributed by atoms with Crippen LogP contribution in [-0.2, 0) is 9.59 Å². The molecule has 1 amide bonds. The molecule has 0 saturated heterocycles. The van der Waals surface area contributed by atoms with Crippen molar-refractivity contribution in [1.29, 1.82) is 0 Å². The summed E-state index contributed by atoms with van der Waals surface area (Å²) in [7, 11) is 0. The molecular formula is C14H18BrNO3S. The van der Waals surface area contributed by atoms with E-state index in [4.69, 9.17) is 5.11 Å². The highest BCUT2D eigenvalue weighted by atomic mass is 79.9. The van der Waals surface area contributed by atoms with Crippen molar-refractivity contribution in [2.45, 2.75) is 30.4 Å². The van der Waals surface area contributed by atoms with Gasteiger partial charge in [0.05, 0.1) is 11.7 Å². The number of carbonyl (C=O) groups excluding carboxylic acids is 1. The zero-order valence-electron chi connectivity index (χ0n) is 11.5. The lowest BCUT2D eigenvalue weighted by molar-refractivity contribution is -0.138. The number of rotatable bonds is 7. The molecule has 1 atom stereocenters. The second-order valence-corrected chi connectivity index (χ2v) is 6.61. The van der Waals surface area contributed by atoms with E-state index >= 15 is 0 Å². The van der Waals surface area contributed by atoms with E-state index in [1.54, 1.807) is 4.90 Å². The summed E-state index contributed by atoms with van der Waals surface area (Å²) in [6, 6.07) is 7.77. The highest BCUT2D eigenvalue weighted by Crippen LogP contribution is 2.26. The van der Waals surface area contributed by atoms with Crippen LogP contribution in [0.5, 0.6) is 0 Å². The summed E-state index contributed by atoms with van der Waals surface area (Å²) < 4.78 is 0.998. The summed E-state index contributed by atoms with van der Waals surface area (Å²) in [4.78, 5) is 25.5. The zero-order chi connectivity index (χ0) is 15.1. The van der Waals surface area contributed by atoms with E-state index in [0.29, 0.717) is 6.54 Å². The molecule has 0 aromatic heterocycles. The van der Waals surface area contributed by atoms with E-state index in [1.807, 2.05) is 38.1 Å². The number of hydrogen-bond acceptors (Lipinski definition) is 3. The Bertz CT molecular complexity index is 464. The van der Waals surface area contributed by atoms with Gasteiger partial charge in [-0.3, -0.25) is 9.59 Å². The smallest absolute Gasteiger partial charge is 0.305 e. The third-order valence-electron chi connectivity index (χ3n) is 2.76. The largest absolute Gasteiger partial charge is 0.481 e. The Kier molecular flexibility index (Phi) is 7.09. The Hall–Kier alpha value is -1.01. The molecule has 4 nitrogen and oxygen atoms in total. The van der Waals surface area contributed by atoms with Crippen LogP contribution in [0.3, 0.4) is 0 Å². The number of carboxylic acids is 1. The molecule has 0 aliphatic heterocycles. The van der Waals surface area contributed by atoms with Crippen LogP contribution in [-0.4, -0.2) is 40.2 Å². The molecule has 1 N–H and O–H groups in total. The molecule has 0 bridgehead atoms. The first kappa shape index (κ1) is 17.0. The third-order valence-corrected chi connectivity index (χ3v) is 4.39. The Morgan fingerprint density at radius 1 is 1.35 bits per heavy atom. The van der Waals surface area contributed by atoms with E-state index in [2.05, 4.69) is 15.9 Å². The van der Waals surface area contributed by atoms with Gasteiger partial charge in [0.1, 0.15) is 0 Å². The minimum Gasteiger partial charge on any atom is -0.481 e. The molecule has 0 radical (unpaired) electrons. The van der Waals surface area contributed by atoms with Gasteiger partial charge in [0.2, 0.25) is 5.91 Å². The lowest BCUT2D eigenvalue weighted by Crippen LogP contribution is -2.37. The first-order valence-electron chi connectivity index (χ1n) is 6.36. The summed E-state index contributed by atoms with van der Waals surface area (Å²) >= 11 is 4.85. The average molecular weight is 360 g/mol. The van der Waals surface area contributed by atoms with Crippen molar-refractivity contribution in [2.75, 3.05) is 13.1 Å². The molecule has 0 saturated carbocycles. The summed E-state index contributed by atoms with van der Waals surface area (Å²) in [5, 5.41) is 8.46. The van der Waals surface area contributed by atoms with Crippen molar-refractivity contribution >= 4 is 39.6 Å². The Morgan fingerprint density at radius 2 is 1.95 bits per heavy atom. The quantitative estimate of drug-likeness (QED) is 0.759. The summed E-state index contributed by atoms with van der Waals surface area (Å²) in [6.45, 7) is 4.49. The van der Waals surface area contributed by atoms with Gasteiger partial charge in [-0.25, -0.2) is 0 Å². The van der Waals surface area contributed by atoms with Crippen LogP contribution >= 0.6 is 27.7 Å². The predicted molar refractivity (Wildman–Crippen MR) is 84.0 cm³/mol. The third kappa shape index (κ3) is 5.54. The van der Waals surface area contributed by atoms with E-state index in [-0.39, 0.29) is 24.1 Å². The zero-order valence-corrected chi connectivity index (χ0v) is 13.9. The number of amides is 1. The van der Waals surface area contributed by atoms with Crippen molar-refractivity contribution < 1.29 is 14.7 Å². The number of carboxylic acid groups (broad SMARTS) is 1. The second kappa shape index (κ2) is 8.32. The van der Waals surface area contributed by atoms with Crippen LogP contribution in [0.15, 0.2) is 33.6 Å². The number of nitrogens with zero attached hydrogens (tertiary/aromatic N) is 1. The summed E-state index contributed by atoms with van der Waals surface area (Å²) in [5.74, 6) is -0.911. The number of halogens is 1. The molecule has 0 heterocycles. The van der Waals surface area contributed by atoms with Crippen LogP contribution in [0.1, 0.15) is 20.3 Å². The lowest BCUT2D eigenvalue weighted by atomic mass is 10.3. The van der Waals surface area contributed by atoms with Crippen LogP contribution in [0.4, 0.5) is 0 Å². The van der Waals surface area contributed by atoms with Crippen molar-refractivity contribution in [3.8, 4) is 0 Å². The van der Waals surface area contributed by atoms with Gasteiger partial charge in [0.25, 0.3) is 0 Å². The molecule has 0 spiro atoms. The van der Waals surface area contributed by atoms with Crippen molar-refractivity contribution in [3.05, 3.63) is 28.7 Å². The maximum atomic E-state index is 12.3. The number of aliphatic carboxylic acids is 1. The topological polar surface area (TPSA) is 57.6 Å². The van der Waals surface area contributed by atoms with Gasteiger partial charge in [0, 0.05) is 22.5 Å². The van der Waals surface area contributed by atoms with E-state index in [9.17, 15) is 9.59 Å². The number of carbonyl (C=O) groups is 2. The molecule has 1 aromatic rings. The lowest BCUT2D eigenvalue weighted by Gasteiger charge is -2.23.